The lowest BCUT2D eigenvalue weighted by atomic mass is 10.0. The van der Waals surface area contributed by atoms with Crippen molar-refractivity contribution < 1.29 is 51.5 Å². The molecule has 0 atom stereocenters. The third kappa shape index (κ3) is 15.2. The molecule has 0 N–H and O–H groups in total. The van der Waals surface area contributed by atoms with Gasteiger partial charge in [-0.3, -0.25) is 0 Å². The van der Waals surface area contributed by atoms with E-state index in [-0.39, 0.29) is 0 Å². The highest BCUT2D eigenvalue weighted by molar-refractivity contribution is 9.10. The second-order valence-corrected chi connectivity index (χ2v) is 39.4. The molecule has 6 heterocycles. The van der Waals surface area contributed by atoms with Gasteiger partial charge in [0.25, 0.3) is 0 Å². The van der Waals surface area contributed by atoms with Crippen LogP contribution in [0.3, 0.4) is 0 Å². The van der Waals surface area contributed by atoms with Crippen molar-refractivity contribution in [2.75, 3.05) is 14.7 Å². The first kappa shape index (κ1) is 79.3. The molecule has 0 aliphatic carbocycles. The average molecular weight is 1840 g/mol. The zero-order valence-electron chi connectivity index (χ0n) is 63.9. The molecule has 604 valence electrons. The van der Waals surface area contributed by atoms with Crippen LogP contribution in [0.5, 0.6) is 11.5 Å². The van der Waals surface area contributed by atoms with Gasteiger partial charge in [0.2, 0.25) is 0 Å². The quantitative estimate of drug-likeness (QED) is 0.0565. The van der Waals surface area contributed by atoms with Crippen LogP contribution < -0.4 is 23.1 Å². The minimum Gasteiger partial charge on any atom is -0.376 e. The summed E-state index contributed by atoms with van der Waals surface area (Å²) in [5.74, 6) is -0.880. The number of anilines is 9. The molecule has 123 heavy (non-hydrogen) atoms. The van der Waals surface area contributed by atoms with E-state index < -0.39 is 42.8 Å². The fraction of sp³-hybridized carbons (Fsp3) is 0.0303. The highest BCUT2D eigenvalue weighted by atomic mass is 79.9. The van der Waals surface area contributed by atoms with Crippen LogP contribution in [0, 0.1) is 0 Å². The van der Waals surface area contributed by atoms with Gasteiger partial charge in [0.05, 0.1) is 10.4 Å². The first-order chi connectivity index (χ1) is 59.6. The van der Waals surface area contributed by atoms with E-state index in [1.165, 1.54) is 108 Å². The molecule has 0 amide bonds. The normalized spacial score (nSPS) is 12.2. The Morgan fingerprint density at radius 2 is 0.537 bits per heavy atom. The maximum Gasteiger partial charge on any atom is 0.534 e. The van der Waals surface area contributed by atoms with Crippen molar-refractivity contribution in [3.8, 4) is 11.5 Å². The van der Waals surface area contributed by atoms with Crippen molar-refractivity contribution in [1.82, 2.24) is 0 Å². The van der Waals surface area contributed by atoms with Crippen molar-refractivity contribution in [3.63, 3.8) is 0 Å². The predicted molar refractivity (Wildman–Crippen MR) is 509 cm³/mol. The Kier molecular flexibility index (Phi) is 20.6. The molecule has 0 saturated carbocycles. The standard InChI is InChI=1S/C49H29F3N2O3S4.C31H17BrF3NO3S3.C19H14S/c50-49(51,52)61(55,56)57-35-28-41-40-26-33(53(30-11-3-1-4-12-30)32-19-22-45-38(25-32)36-15-7-9-17-43(36)58-45)20-24-47(40)60-48(41)42(29-35)54(31-13-5-2-6-14-31)34-21-23-46-39(27-34)37-16-8-10-18-44(37)59-46;32-26-17-21(39-42(37,38)31(33,34)35)16-25-24-15-20(11-13-29(24)41-30(25)26)36(18-6-2-1-3-7-18)19-10-12-28-23(14-19)22-8-4-5-9-27(22)40-28;1-2-6-14(7-3-1)12-15-10-11-19-17(13-15)16-8-4-5-9-18(16)20-19/h1-29H;1-17H;1-11,13H,12H2. The Labute approximate surface area is 732 Å². The summed E-state index contributed by atoms with van der Waals surface area (Å²) in [7, 11) is -11.8. The topological polar surface area (TPSA) is 96.5 Å². The highest BCUT2D eigenvalue weighted by Gasteiger charge is 2.50. The van der Waals surface area contributed by atoms with E-state index in [4.69, 9.17) is 4.18 Å². The molecule has 6 aromatic heterocycles. The molecule has 0 spiro atoms. The minimum absolute atomic E-state index is 0.425. The maximum absolute atomic E-state index is 14.0. The lowest BCUT2D eigenvalue weighted by Gasteiger charge is -2.27. The molecule has 0 bridgehead atoms. The van der Waals surface area contributed by atoms with Crippen LogP contribution in [0.15, 0.2) is 356 Å². The van der Waals surface area contributed by atoms with Crippen LogP contribution in [0.4, 0.5) is 77.5 Å². The smallest absolute Gasteiger partial charge is 0.376 e. The van der Waals surface area contributed by atoms with Crippen molar-refractivity contribution in [1.29, 1.82) is 0 Å². The van der Waals surface area contributed by atoms with Crippen LogP contribution in [0.25, 0.3) is 121 Å². The second kappa shape index (κ2) is 31.9. The molecule has 0 radical (unpaired) electrons. The fourth-order valence-corrected chi connectivity index (χ4v) is 24.0. The summed E-state index contributed by atoms with van der Waals surface area (Å²) in [6, 6.07) is 117. The molecule has 24 heteroatoms. The lowest BCUT2D eigenvalue weighted by Crippen LogP contribution is -2.28. The Balaban J connectivity index is 0.000000133. The number of thiophene rings is 6. The number of benzene rings is 16. The van der Waals surface area contributed by atoms with E-state index in [1.54, 1.807) is 34.0 Å². The van der Waals surface area contributed by atoms with Crippen LogP contribution in [-0.2, 0) is 26.7 Å². The zero-order valence-corrected chi connectivity index (χ0v) is 72.0. The van der Waals surface area contributed by atoms with Gasteiger partial charge < -0.3 is 23.1 Å². The Morgan fingerprint density at radius 3 is 0.919 bits per heavy atom. The Hall–Kier alpha value is -12.2. The molecule has 16 aromatic carbocycles. The Morgan fingerprint density at radius 1 is 0.252 bits per heavy atom. The van der Waals surface area contributed by atoms with E-state index in [0.717, 1.165) is 112 Å². The molecular formula is C99H60BrF6N3O6S8. The largest absolute Gasteiger partial charge is 0.534 e. The van der Waals surface area contributed by atoms with Gasteiger partial charge in [-0.15, -0.1) is 68.0 Å². The average Bonchev–Trinajstić information content (AvgIpc) is 1.68. The number of para-hydroxylation sites is 3. The third-order valence-electron chi connectivity index (χ3n) is 21.3. The van der Waals surface area contributed by atoms with Gasteiger partial charge >= 0.3 is 31.3 Å². The van der Waals surface area contributed by atoms with Gasteiger partial charge in [-0.25, -0.2) is 0 Å². The summed E-state index contributed by atoms with van der Waals surface area (Å²) in [6.45, 7) is 0. The number of rotatable bonds is 15. The Bertz CT molecular complexity index is 8120. The van der Waals surface area contributed by atoms with E-state index in [1.807, 2.05) is 192 Å². The molecule has 9 nitrogen and oxygen atoms in total. The summed E-state index contributed by atoms with van der Waals surface area (Å²) in [6.07, 6.45) is 1.00. The first-order valence-corrected chi connectivity index (χ1v) is 47.0. The van der Waals surface area contributed by atoms with Crippen LogP contribution >= 0.6 is 84.0 Å². The van der Waals surface area contributed by atoms with Gasteiger partial charge in [0.15, 0.2) is 0 Å². The van der Waals surface area contributed by atoms with Gasteiger partial charge in [0.1, 0.15) is 11.5 Å². The third-order valence-corrected chi connectivity index (χ3v) is 31.2. The van der Waals surface area contributed by atoms with Crippen LogP contribution in [-0.4, -0.2) is 27.9 Å². The summed E-state index contributed by atoms with van der Waals surface area (Å²) >= 11 is 13.3. The van der Waals surface area contributed by atoms with Gasteiger partial charge in [-0.05, 0) is 215 Å². The van der Waals surface area contributed by atoms with Crippen molar-refractivity contribution in [3.05, 3.63) is 367 Å². The fourth-order valence-electron chi connectivity index (χ4n) is 15.8. The number of halogens is 7. The summed E-state index contributed by atoms with van der Waals surface area (Å²) in [5.41, 5.74) is -1.15. The van der Waals surface area contributed by atoms with E-state index in [9.17, 15) is 43.2 Å². The summed E-state index contributed by atoms with van der Waals surface area (Å²) in [5, 5.41) is 12.1. The molecule has 0 unspecified atom stereocenters. The number of hydrogen-bond acceptors (Lipinski definition) is 15. The molecule has 22 rings (SSSR count). The summed E-state index contributed by atoms with van der Waals surface area (Å²) in [4.78, 5) is 6.23. The number of hydrogen-bond donors (Lipinski definition) is 0. The molecule has 22 aromatic rings. The second-order valence-electron chi connectivity index (χ2n) is 29.1. The molecule has 0 aliphatic rings. The molecular weight excluding hydrogens is 1780 g/mol. The molecule has 0 saturated heterocycles. The first-order valence-electron chi connectivity index (χ1n) is 38.5. The van der Waals surface area contributed by atoms with Crippen molar-refractivity contribution in [2.24, 2.45) is 0 Å². The van der Waals surface area contributed by atoms with Crippen molar-refractivity contribution >= 4 is 276 Å². The molecule has 0 fully saturated rings. The van der Waals surface area contributed by atoms with Crippen LogP contribution in [0.2, 0.25) is 0 Å². The van der Waals surface area contributed by atoms with Gasteiger partial charge in [0, 0.05) is 172 Å². The van der Waals surface area contributed by atoms with E-state index in [2.05, 4.69) is 182 Å². The predicted octanol–water partition coefficient (Wildman–Crippen LogP) is 32.5. The zero-order chi connectivity index (χ0) is 84.0. The maximum atomic E-state index is 14.0. The minimum atomic E-state index is -6.02. The van der Waals surface area contributed by atoms with Gasteiger partial charge in [-0.2, -0.15) is 43.2 Å². The number of nitrogens with zero attached hydrogens (tertiary/aromatic N) is 3. The lowest BCUT2D eigenvalue weighted by molar-refractivity contribution is -0.0504. The number of alkyl halides is 6. The van der Waals surface area contributed by atoms with E-state index >= 15 is 0 Å². The van der Waals surface area contributed by atoms with E-state index in [0.29, 0.717) is 20.9 Å². The summed E-state index contributed by atoms with van der Waals surface area (Å²) < 4.78 is 153. The highest BCUT2D eigenvalue weighted by Crippen LogP contribution is 2.53. The van der Waals surface area contributed by atoms with Crippen LogP contribution in [0.1, 0.15) is 11.1 Å². The molecule has 0 aliphatic heterocycles. The monoisotopic (exact) mass is 1840 g/mol. The number of fused-ring (bicyclic) bond motifs is 18. The van der Waals surface area contributed by atoms with Crippen molar-refractivity contribution in [2.45, 2.75) is 17.4 Å². The SMILES string of the molecule is O=S(=O)(Oc1cc(Br)c2sc3ccc(N(c4ccccc4)c4ccc5sc6ccccc6c5c4)cc3c2c1)C(F)(F)F.O=S(=O)(Oc1cc(N(c2ccccc2)c2ccc3sc4ccccc4c3c2)c2sc3ccc(N(c4ccccc4)c4ccc5sc6ccccc6c5c4)cc3c2c1)C(F)(F)F.c1ccc(Cc2ccc3sc4ccccc4c3c2)cc1. The van der Waals surface area contributed by atoms with Gasteiger partial charge in [-0.1, -0.05) is 164 Å².